The average molecular weight is 339 g/mol. The van der Waals surface area contributed by atoms with Gasteiger partial charge in [-0.25, -0.2) is 4.79 Å². The summed E-state index contributed by atoms with van der Waals surface area (Å²) in [6.45, 7) is 6.18. The van der Waals surface area contributed by atoms with E-state index in [0.717, 1.165) is 5.56 Å². The highest BCUT2D eigenvalue weighted by Crippen LogP contribution is 2.29. The molecular weight excluding hydrogens is 320 g/mol. The van der Waals surface area contributed by atoms with Crippen LogP contribution in [0.15, 0.2) is 35.5 Å². The molecular formula is C16H19ClN2O2S. The van der Waals surface area contributed by atoms with Gasteiger partial charge in [0, 0.05) is 10.7 Å². The minimum absolute atomic E-state index is 0.278. The fourth-order valence-corrected chi connectivity index (χ4v) is 2.69. The summed E-state index contributed by atoms with van der Waals surface area (Å²) in [6.07, 6.45) is 0. The molecule has 0 aromatic heterocycles. The van der Waals surface area contributed by atoms with Crippen molar-refractivity contribution in [3.8, 4) is 0 Å². The third-order valence-electron chi connectivity index (χ3n) is 3.22. The van der Waals surface area contributed by atoms with Gasteiger partial charge in [-0.2, -0.15) is 0 Å². The Labute approximate surface area is 140 Å². The van der Waals surface area contributed by atoms with Crippen LogP contribution in [-0.2, 0) is 9.53 Å². The number of hydrogen-bond acceptors (Lipinski definition) is 3. The van der Waals surface area contributed by atoms with Crippen LogP contribution in [0.3, 0.4) is 0 Å². The highest BCUT2D eigenvalue weighted by Gasteiger charge is 2.31. The first kappa shape index (κ1) is 16.8. The standard InChI is InChI=1S/C16H19ClN2O2S/c1-9(2)8-21-15(20)13-10(3)18-16(22)19-14(13)11-5-4-6-12(17)7-11/h4-7,9,14H,8H2,1-3H3,(H2,18,19,22). The van der Waals surface area contributed by atoms with Gasteiger partial charge in [-0.3, -0.25) is 0 Å². The molecule has 1 aromatic carbocycles. The molecule has 0 amide bonds. The molecule has 6 heteroatoms. The van der Waals surface area contributed by atoms with Gasteiger partial charge in [0.1, 0.15) is 0 Å². The van der Waals surface area contributed by atoms with Crippen molar-refractivity contribution in [3.63, 3.8) is 0 Å². The zero-order valence-corrected chi connectivity index (χ0v) is 14.3. The number of halogens is 1. The van der Waals surface area contributed by atoms with E-state index in [1.807, 2.05) is 39.0 Å². The van der Waals surface area contributed by atoms with E-state index in [1.54, 1.807) is 6.07 Å². The predicted octanol–water partition coefficient (Wildman–Crippen LogP) is 3.33. The van der Waals surface area contributed by atoms with Crippen LogP contribution >= 0.6 is 23.8 Å². The first-order chi connectivity index (χ1) is 10.4. The normalized spacial score (nSPS) is 18.0. The van der Waals surface area contributed by atoms with Crippen LogP contribution in [0.1, 0.15) is 32.4 Å². The molecule has 1 aliphatic rings. The van der Waals surface area contributed by atoms with Crippen LogP contribution in [-0.4, -0.2) is 17.7 Å². The van der Waals surface area contributed by atoms with Crippen LogP contribution in [0.25, 0.3) is 0 Å². The molecule has 0 fully saturated rings. The minimum atomic E-state index is -0.368. The van der Waals surface area contributed by atoms with Gasteiger partial charge < -0.3 is 15.4 Å². The number of thiocarbonyl (C=S) groups is 1. The summed E-state index contributed by atoms with van der Waals surface area (Å²) in [5, 5.41) is 7.17. The molecule has 0 aliphatic carbocycles. The number of hydrogen-bond donors (Lipinski definition) is 2. The van der Waals surface area contributed by atoms with E-state index in [-0.39, 0.29) is 17.9 Å². The molecule has 0 bridgehead atoms. The van der Waals surface area contributed by atoms with Gasteiger partial charge in [-0.15, -0.1) is 0 Å². The molecule has 0 saturated heterocycles. The fourth-order valence-electron chi connectivity index (χ4n) is 2.22. The minimum Gasteiger partial charge on any atom is -0.462 e. The van der Waals surface area contributed by atoms with E-state index in [1.165, 1.54) is 0 Å². The molecule has 1 heterocycles. The molecule has 4 nitrogen and oxygen atoms in total. The number of allylic oxidation sites excluding steroid dienone is 1. The van der Waals surface area contributed by atoms with Crippen LogP contribution in [0, 0.1) is 5.92 Å². The second-order valence-corrected chi connectivity index (χ2v) is 6.46. The predicted molar refractivity (Wildman–Crippen MR) is 91.6 cm³/mol. The smallest absolute Gasteiger partial charge is 0.338 e. The third kappa shape index (κ3) is 3.99. The van der Waals surface area contributed by atoms with Crippen molar-refractivity contribution < 1.29 is 9.53 Å². The highest BCUT2D eigenvalue weighted by atomic mass is 35.5. The molecule has 22 heavy (non-hydrogen) atoms. The maximum Gasteiger partial charge on any atom is 0.338 e. The van der Waals surface area contributed by atoms with Gasteiger partial charge in [-0.1, -0.05) is 37.6 Å². The zero-order chi connectivity index (χ0) is 16.3. The molecule has 1 aliphatic heterocycles. The molecule has 118 valence electrons. The topological polar surface area (TPSA) is 50.4 Å². The number of carbonyl (C=O) groups excluding carboxylic acids is 1. The number of nitrogens with one attached hydrogen (secondary N) is 2. The second-order valence-electron chi connectivity index (χ2n) is 5.62. The lowest BCUT2D eigenvalue weighted by molar-refractivity contribution is -0.140. The molecule has 1 aromatic rings. The Morgan fingerprint density at radius 1 is 1.45 bits per heavy atom. The van der Waals surface area contributed by atoms with E-state index >= 15 is 0 Å². The summed E-state index contributed by atoms with van der Waals surface area (Å²) in [5.41, 5.74) is 2.09. The lowest BCUT2D eigenvalue weighted by Gasteiger charge is -2.30. The van der Waals surface area contributed by atoms with Crippen LogP contribution in [0.2, 0.25) is 5.02 Å². The first-order valence-corrected chi connectivity index (χ1v) is 7.88. The van der Waals surface area contributed by atoms with Crippen molar-refractivity contribution in [3.05, 3.63) is 46.1 Å². The molecule has 0 saturated carbocycles. The van der Waals surface area contributed by atoms with Gasteiger partial charge in [0.2, 0.25) is 0 Å². The van der Waals surface area contributed by atoms with E-state index in [9.17, 15) is 4.79 Å². The van der Waals surface area contributed by atoms with Crippen molar-refractivity contribution >= 4 is 34.9 Å². The molecule has 1 unspecified atom stereocenters. The van der Waals surface area contributed by atoms with Crippen LogP contribution in [0.5, 0.6) is 0 Å². The SMILES string of the molecule is CC1=C(C(=O)OCC(C)C)C(c2cccc(Cl)c2)NC(=S)N1. The highest BCUT2D eigenvalue weighted by molar-refractivity contribution is 7.80. The number of carbonyl (C=O) groups is 1. The van der Waals surface area contributed by atoms with E-state index in [0.29, 0.717) is 28.0 Å². The summed E-state index contributed by atoms with van der Waals surface area (Å²) < 4.78 is 5.38. The van der Waals surface area contributed by atoms with Crippen molar-refractivity contribution in [2.24, 2.45) is 5.92 Å². The number of ether oxygens (including phenoxy) is 1. The Morgan fingerprint density at radius 2 is 2.18 bits per heavy atom. The lowest BCUT2D eigenvalue weighted by atomic mass is 9.96. The van der Waals surface area contributed by atoms with Gasteiger partial charge in [0.25, 0.3) is 0 Å². The van der Waals surface area contributed by atoms with E-state index < -0.39 is 0 Å². The maximum absolute atomic E-state index is 12.5. The Bertz CT molecular complexity index is 628. The second kappa shape index (κ2) is 7.11. The monoisotopic (exact) mass is 338 g/mol. The fraction of sp³-hybridized carbons (Fsp3) is 0.375. The average Bonchev–Trinajstić information content (AvgIpc) is 2.44. The summed E-state index contributed by atoms with van der Waals surface area (Å²) in [4.78, 5) is 12.5. The lowest BCUT2D eigenvalue weighted by Crippen LogP contribution is -2.45. The van der Waals surface area contributed by atoms with Crippen LogP contribution in [0.4, 0.5) is 0 Å². The molecule has 0 radical (unpaired) electrons. The quantitative estimate of drug-likeness (QED) is 0.651. The third-order valence-corrected chi connectivity index (χ3v) is 3.67. The Hall–Kier alpha value is -1.59. The van der Waals surface area contributed by atoms with Crippen molar-refractivity contribution in [2.45, 2.75) is 26.8 Å². The van der Waals surface area contributed by atoms with Crippen LogP contribution < -0.4 is 10.6 Å². The number of benzene rings is 1. The summed E-state index contributed by atoms with van der Waals surface area (Å²) >= 11 is 11.3. The van der Waals surface area contributed by atoms with E-state index in [2.05, 4.69) is 10.6 Å². The Balaban J connectivity index is 2.34. The van der Waals surface area contributed by atoms with Gasteiger partial charge in [0.05, 0.1) is 18.2 Å². The van der Waals surface area contributed by atoms with Gasteiger partial charge in [0.15, 0.2) is 5.11 Å². The van der Waals surface area contributed by atoms with Crippen molar-refractivity contribution in [2.75, 3.05) is 6.61 Å². The molecule has 1 atom stereocenters. The molecule has 2 N–H and O–H groups in total. The maximum atomic E-state index is 12.5. The van der Waals surface area contributed by atoms with Crippen molar-refractivity contribution in [1.29, 1.82) is 0 Å². The zero-order valence-electron chi connectivity index (χ0n) is 12.8. The number of rotatable bonds is 4. The van der Waals surface area contributed by atoms with Gasteiger partial charge >= 0.3 is 5.97 Å². The Morgan fingerprint density at radius 3 is 2.82 bits per heavy atom. The Kier molecular flexibility index (Phi) is 5.42. The summed E-state index contributed by atoms with van der Waals surface area (Å²) in [7, 11) is 0. The van der Waals surface area contributed by atoms with Crippen molar-refractivity contribution in [1.82, 2.24) is 10.6 Å². The molecule has 2 rings (SSSR count). The largest absolute Gasteiger partial charge is 0.462 e. The summed E-state index contributed by atoms with van der Waals surface area (Å²) in [6, 6.07) is 6.98. The van der Waals surface area contributed by atoms with Gasteiger partial charge in [-0.05, 0) is 42.8 Å². The first-order valence-electron chi connectivity index (χ1n) is 7.09. The van der Waals surface area contributed by atoms with E-state index in [4.69, 9.17) is 28.6 Å². The number of esters is 1. The molecule has 0 spiro atoms. The summed E-state index contributed by atoms with van der Waals surface area (Å²) in [5.74, 6) is -0.0706.